The van der Waals surface area contributed by atoms with Gasteiger partial charge in [0.05, 0.1) is 0 Å². The SMILES string of the molecule is CC[C-]=C(CC)[C-]1CCCC1.[Zr+2]. The first-order valence-electron chi connectivity index (χ1n) is 4.83. The van der Waals surface area contributed by atoms with Gasteiger partial charge in [-0.05, 0) is 0 Å². The van der Waals surface area contributed by atoms with Gasteiger partial charge in [0.1, 0.15) is 0 Å². The maximum atomic E-state index is 3.45. The van der Waals surface area contributed by atoms with E-state index in [1.165, 1.54) is 37.7 Å². The Bertz CT molecular complexity index is 132. The molecule has 66 valence electrons. The molecular formula is C11H18Zr. The van der Waals surface area contributed by atoms with E-state index in [0.717, 1.165) is 6.42 Å². The zero-order chi connectivity index (χ0) is 8.10. The quantitative estimate of drug-likeness (QED) is 0.661. The van der Waals surface area contributed by atoms with Crippen LogP contribution in [0.15, 0.2) is 5.57 Å². The molecule has 0 spiro atoms. The van der Waals surface area contributed by atoms with Crippen molar-refractivity contribution in [2.24, 2.45) is 0 Å². The average Bonchev–Trinajstić information content (AvgIpc) is 2.52. The second kappa shape index (κ2) is 6.95. The fraction of sp³-hybridized carbons (Fsp3) is 0.727. The largest absolute Gasteiger partial charge is 2.00 e. The predicted octanol–water partition coefficient (Wildman–Crippen LogP) is 3.68. The molecule has 0 radical (unpaired) electrons. The van der Waals surface area contributed by atoms with Gasteiger partial charge in [0.25, 0.3) is 0 Å². The first-order valence-corrected chi connectivity index (χ1v) is 4.83. The van der Waals surface area contributed by atoms with Crippen molar-refractivity contribution in [1.82, 2.24) is 0 Å². The Morgan fingerprint density at radius 2 is 1.83 bits per heavy atom. The summed E-state index contributed by atoms with van der Waals surface area (Å²) in [6, 6.07) is 0. The molecule has 1 aliphatic carbocycles. The zero-order valence-electron chi connectivity index (χ0n) is 8.24. The van der Waals surface area contributed by atoms with Gasteiger partial charge < -0.3 is 17.6 Å². The molecule has 0 amide bonds. The summed E-state index contributed by atoms with van der Waals surface area (Å²) in [6.07, 6.45) is 11.2. The van der Waals surface area contributed by atoms with E-state index in [-0.39, 0.29) is 26.2 Å². The van der Waals surface area contributed by atoms with Crippen LogP contribution in [-0.2, 0) is 26.2 Å². The normalized spacial score (nSPS) is 17.8. The van der Waals surface area contributed by atoms with Crippen molar-refractivity contribution >= 4 is 0 Å². The second-order valence-electron chi connectivity index (χ2n) is 3.17. The topological polar surface area (TPSA) is 0 Å². The summed E-state index contributed by atoms with van der Waals surface area (Å²) in [5.41, 5.74) is 1.52. The van der Waals surface area contributed by atoms with Crippen LogP contribution < -0.4 is 0 Å². The second-order valence-corrected chi connectivity index (χ2v) is 3.17. The molecule has 0 aromatic rings. The molecule has 12 heavy (non-hydrogen) atoms. The van der Waals surface area contributed by atoms with Gasteiger partial charge in [0, 0.05) is 0 Å². The first-order chi connectivity index (χ1) is 5.38. The van der Waals surface area contributed by atoms with Crippen LogP contribution in [0.3, 0.4) is 0 Å². The van der Waals surface area contributed by atoms with Crippen LogP contribution in [0.2, 0.25) is 0 Å². The summed E-state index contributed by atoms with van der Waals surface area (Å²) in [7, 11) is 0. The van der Waals surface area contributed by atoms with Crippen molar-refractivity contribution in [1.29, 1.82) is 0 Å². The number of hydrogen-bond donors (Lipinski definition) is 0. The zero-order valence-corrected chi connectivity index (χ0v) is 10.7. The van der Waals surface area contributed by atoms with E-state index in [2.05, 4.69) is 19.9 Å². The van der Waals surface area contributed by atoms with Crippen LogP contribution in [-0.4, -0.2) is 0 Å². The van der Waals surface area contributed by atoms with Gasteiger partial charge in [0.15, 0.2) is 0 Å². The molecule has 0 atom stereocenters. The average molecular weight is 241 g/mol. The third kappa shape index (κ3) is 3.48. The first kappa shape index (κ1) is 12.5. The molecular weight excluding hydrogens is 223 g/mol. The Morgan fingerprint density at radius 3 is 2.25 bits per heavy atom. The molecule has 1 aliphatic rings. The van der Waals surface area contributed by atoms with Gasteiger partial charge in [-0.15, -0.1) is 0 Å². The van der Waals surface area contributed by atoms with E-state index in [1.807, 2.05) is 0 Å². The molecule has 0 unspecified atom stereocenters. The Morgan fingerprint density at radius 1 is 1.25 bits per heavy atom. The molecule has 0 bridgehead atoms. The monoisotopic (exact) mass is 240 g/mol. The fourth-order valence-corrected chi connectivity index (χ4v) is 1.82. The van der Waals surface area contributed by atoms with Gasteiger partial charge in [-0.25, -0.2) is 0 Å². The molecule has 0 aromatic heterocycles. The van der Waals surface area contributed by atoms with Crippen molar-refractivity contribution < 1.29 is 26.2 Å². The standard InChI is InChI=1S/C11H18.Zr/c1-3-7-10(4-2)11-8-5-6-9-11;/h3-6,8-9H2,1-2H3;/q-2;+2. The molecule has 0 N–H and O–H groups in total. The Kier molecular flexibility index (Phi) is 7.24. The summed E-state index contributed by atoms with van der Waals surface area (Å²) >= 11 is 0. The Hall–Kier alpha value is 0.493. The van der Waals surface area contributed by atoms with Gasteiger partial charge >= 0.3 is 26.2 Å². The minimum atomic E-state index is 0. The molecule has 1 heteroatoms. The van der Waals surface area contributed by atoms with E-state index < -0.39 is 0 Å². The summed E-state index contributed by atoms with van der Waals surface area (Å²) in [6.45, 7) is 4.41. The van der Waals surface area contributed by atoms with Crippen LogP contribution in [0, 0.1) is 12.0 Å². The molecule has 1 rings (SSSR count). The molecule has 0 heterocycles. The minimum Gasteiger partial charge on any atom is -0.528 e. The summed E-state index contributed by atoms with van der Waals surface area (Å²) in [5.74, 6) is 1.69. The number of rotatable bonds is 3. The van der Waals surface area contributed by atoms with E-state index in [9.17, 15) is 0 Å². The van der Waals surface area contributed by atoms with Crippen molar-refractivity contribution in [2.75, 3.05) is 0 Å². The van der Waals surface area contributed by atoms with Crippen LogP contribution in [0.1, 0.15) is 52.4 Å². The van der Waals surface area contributed by atoms with Crippen molar-refractivity contribution in [2.45, 2.75) is 52.4 Å². The smallest absolute Gasteiger partial charge is 0.528 e. The summed E-state index contributed by atoms with van der Waals surface area (Å²) < 4.78 is 0. The third-order valence-electron chi connectivity index (χ3n) is 2.38. The van der Waals surface area contributed by atoms with Crippen molar-refractivity contribution in [3.8, 4) is 0 Å². The van der Waals surface area contributed by atoms with Gasteiger partial charge in [-0.2, -0.15) is 19.3 Å². The molecule has 1 fully saturated rings. The molecule has 0 aromatic carbocycles. The van der Waals surface area contributed by atoms with E-state index in [4.69, 9.17) is 0 Å². The molecule has 0 saturated heterocycles. The Labute approximate surface area is 95.9 Å². The predicted molar refractivity (Wildman–Crippen MR) is 49.0 cm³/mol. The summed E-state index contributed by atoms with van der Waals surface area (Å²) in [5, 5.41) is 0. The van der Waals surface area contributed by atoms with E-state index in [1.54, 1.807) is 5.92 Å². The molecule has 1 saturated carbocycles. The molecule has 0 nitrogen and oxygen atoms in total. The van der Waals surface area contributed by atoms with E-state index in [0.29, 0.717) is 0 Å². The minimum absolute atomic E-state index is 0. The van der Waals surface area contributed by atoms with Crippen LogP contribution in [0.4, 0.5) is 0 Å². The van der Waals surface area contributed by atoms with Gasteiger partial charge in [0.2, 0.25) is 0 Å². The van der Waals surface area contributed by atoms with Crippen LogP contribution in [0.25, 0.3) is 0 Å². The third-order valence-corrected chi connectivity index (χ3v) is 2.38. The maximum absolute atomic E-state index is 3.45. The maximum Gasteiger partial charge on any atom is 2.00 e. The van der Waals surface area contributed by atoms with Gasteiger partial charge in [-0.1, -0.05) is 33.1 Å². The van der Waals surface area contributed by atoms with Crippen molar-refractivity contribution in [3.05, 3.63) is 17.6 Å². The van der Waals surface area contributed by atoms with Crippen molar-refractivity contribution in [3.63, 3.8) is 0 Å². The number of hydrogen-bond acceptors (Lipinski definition) is 0. The van der Waals surface area contributed by atoms with Gasteiger partial charge in [-0.3, -0.25) is 0 Å². The molecule has 0 aliphatic heterocycles. The van der Waals surface area contributed by atoms with E-state index >= 15 is 0 Å². The fourth-order valence-electron chi connectivity index (χ4n) is 1.82. The van der Waals surface area contributed by atoms with Crippen LogP contribution in [0.5, 0.6) is 0 Å². The Balaban J connectivity index is 0.00000121. The summed E-state index contributed by atoms with van der Waals surface area (Å²) in [4.78, 5) is 0. The number of allylic oxidation sites excluding steroid dienone is 2. The van der Waals surface area contributed by atoms with Crippen LogP contribution >= 0.6 is 0 Å².